The van der Waals surface area contributed by atoms with E-state index in [1.165, 1.54) is 60.1 Å². The van der Waals surface area contributed by atoms with Crippen LogP contribution >= 0.6 is 0 Å². The summed E-state index contributed by atoms with van der Waals surface area (Å²) in [6.07, 6.45) is 0. The average molecular weight is 637 g/mol. The summed E-state index contributed by atoms with van der Waals surface area (Å²) >= 11 is 0. The van der Waals surface area contributed by atoms with Crippen molar-refractivity contribution in [1.29, 1.82) is 0 Å². The van der Waals surface area contributed by atoms with E-state index < -0.39 is 0 Å². The lowest BCUT2D eigenvalue weighted by Gasteiger charge is -2.19. The van der Waals surface area contributed by atoms with E-state index in [0.29, 0.717) is 0 Å². The van der Waals surface area contributed by atoms with E-state index in [0.717, 1.165) is 49.4 Å². The van der Waals surface area contributed by atoms with Crippen LogP contribution in [-0.4, -0.2) is 0 Å². The van der Waals surface area contributed by atoms with Gasteiger partial charge in [0.1, 0.15) is 11.2 Å². The predicted octanol–water partition coefficient (Wildman–Crippen LogP) is 13.9. The van der Waals surface area contributed by atoms with Crippen LogP contribution in [0, 0.1) is 0 Å². The highest BCUT2D eigenvalue weighted by atomic mass is 16.4. The summed E-state index contributed by atoms with van der Waals surface area (Å²) in [7, 11) is 0. The smallest absolute Gasteiger partial charge is 0.178 e. The number of rotatable bonds is 3. The lowest BCUT2D eigenvalue weighted by atomic mass is 9.84. The Bertz CT molecular complexity index is 3080. The van der Waals surface area contributed by atoms with Crippen molar-refractivity contribution in [2.45, 2.75) is 0 Å². The molecule has 232 valence electrons. The summed E-state index contributed by atoms with van der Waals surface area (Å²) in [5.74, 6) is 0. The zero-order valence-corrected chi connectivity index (χ0v) is 27.0. The number of hydrogen-bond acceptors (Lipinski definition) is 2. The quantitative estimate of drug-likeness (QED) is 0.180. The first-order valence-corrected chi connectivity index (χ1v) is 17.1. The van der Waals surface area contributed by atoms with Crippen LogP contribution in [0.15, 0.2) is 179 Å². The van der Waals surface area contributed by atoms with E-state index >= 15 is 0 Å². The van der Waals surface area contributed by atoms with Crippen molar-refractivity contribution < 1.29 is 8.83 Å². The Morgan fingerprint density at radius 2 is 0.820 bits per heavy atom. The van der Waals surface area contributed by atoms with Crippen molar-refractivity contribution >= 4 is 76.2 Å². The number of furan rings is 2. The molecule has 0 aliphatic rings. The summed E-state index contributed by atoms with van der Waals surface area (Å²) < 4.78 is 12.8. The van der Waals surface area contributed by atoms with Gasteiger partial charge in [-0.1, -0.05) is 127 Å². The maximum atomic E-state index is 6.50. The van der Waals surface area contributed by atoms with E-state index in [1.54, 1.807) is 0 Å². The first-order chi connectivity index (χ1) is 24.8. The van der Waals surface area contributed by atoms with Crippen molar-refractivity contribution in [2.24, 2.45) is 0 Å². The van der Waals surface area contributed by atoms with Crippen LogP contribution in [0.25, 0.3) is 110 Å². The van der Waals surface area contributed by atoms with Gasteiger partial charge in [-0.15, -0.1) is 0 Å². The molecule has 0 unspecified atom stereocenters. The molecule has 0 spiro atoms. The van der Waals surface area contributed by atoms with E-state index in [9.17, 15) is 0 Å². The fourth-order valence-electron chi connectivity index (χ4n) is 8.22. The predicted molar refractivity (Wildman–Crippen MR) is 210 cm³/mol. The minimum Gasteiger partial charge on any atom is -0.452 e. The molecule has 2 aromatic heterocycles. The highest BCUT2D eigenvalue weighted by Gasteiger charge is 2.20. The van der Waals surface area contributed by atoms with Crippen molar-refractivity contribution in [1.82, 2.24) is 0 Å². The Morgan fingerprint density at radius 3 is 1.52 bits per heavy atom. The third-order valence-corrected chi connectivity index (χ3v) is 10.4. The summed E-state index contributed by atoms with van der Waals surface area (Å²) in [6, 6.07) is 61.1. The molecule has 0 saturated heterocycles. The molecule has 11 rings (SSSR count). The maximum absolute atomic E-state index is 6.50. The number of fused-ring (bicyclic) bond motifs is 10. The number of benzene rings is 9. The van der Waals surface area contributed by atoms with E-state index in [4.69, 9.17) is 8.83 Å². The average Bonchev–Trinajstić information content (AvgIpc) is 3.75. The SMILES string of the molecule is c1ccc(-c2c3ccccc3c(-c3cc(-c4ccc5oc6c(ccc7c8ccccc8oc76)c5c4)cc4ccccc34)c3ccccc23)cc1. The maximum Gasteiger partial charge on any atom is 0.178 e. The molecule has 0 N–H and O–H groups in total. The monoisotopic (exact) mass is 636 g/mol. The second kappa shape index (κ2) is 10.4. The van der Waals surface area contributed by atoms with E-state index in [1.807, 2.05) is 18.2 Å². The Morgan fingerprint density at radius 1 is 0.280 bits per heavy atom. The van der Waals surface area contributed by atoms with Crippen LogP contribution in [0.2, 0.25) is 0 Å². The molecule has 9 aromatic carbocycles. The molecular weight excluding hydrogens is 609 g/mol. The third-order valence-electron chi connectivity index (χ3n) is 10.4. The number of hydrogen-bond donors (Lipinski definition) is 0. The fraction of sp³-hybridized carbons (Fsp3) is 0. The number of para-hydroxylation sites is 1. The molecule has 0 atom stereocenters. The van der Waals surface area contributed by atoms with Crippen molar-refractivity contribution in [3.05, 3.63) is 170 Å². The molecule has 50 heavy (non-hydrogen) atoms. The van der Waals surface area contributed by atoms with Gasteiger partial charge in [0.2, 0.25) is 0 Å². The molecule has 2 nitrogen and oxygen atoms in total. The summed E-state index contributed by atoms with van der Waals surface area (Å²) in [5.41, 5.74) is 10.6. The molecule has 0 fully saturated rings. The minimum absolute atomic E-state index is 0.793. The van der Waals surface area contributed by atoms with Gasteiger partial charge in [-0.3, -0.25) is 0 Å². The van der Waals surface area contributed by atoms with Crippen LogP contribution in [0.1, 0.15) is 0 Å². The van der Waals surface area contributed by atoms with Gasteiger partial charge in [-0.2, -0.15) is 0 Å². The van der Waals surface area contributed by atoms with Crippen molar-refractivity contribution in [3.63, 3.8) is 0 Å². The second-order valence-electron chi connectivity index (χ2n) is 13.2. The Balaban J connectivity index is 1.18. The minimum atomic E-state index is 0.793. The Kier molecular flexibility index (Phi) is 5.70. The van der Waals surface area contributed by atoms with Gasteiger partial charge in [0, 0.05) is 21.5 Å². The zero-order valence-electron chi connectivity index (χ0n) is 27.0. The second-order valence-corrected chi connectivity index (χ2v) is 13.2. The van der Waals surface area contributed by atoms with Crippen LogP contribution in [0.5, 0.6) is 0 Å². The van der Waals surface area contributed by atoms with Crippen LogP contribution < -0.4 is 0 Å². The molecule has 0 saturated carbocycles. The topological polar surface area (TPSA) is 26.3 Å². The standard InChI is InChI=1S/C48H28O2/c1-2-12-29(13-3-1)45-35-17-6-8-19-37(35)46(38-20-9-7-18-36(38)45)42-28-32(26-31-14-4-5-15-33(31)42)30-22-25-44-41(27-30)40-24-23-39-34-16-10-11-21-43(34)49-47(39)48(40)50-44/h1-28H. The van der Waals surface area contributed by atoms with Gasteiger partial charge in [0.25, 0.3) is 0 Å². The molecule has 2 heterocycles. The van der Waals surface area contributed by atoms with Gasteiger partial charge in [0.15, 0.2) is 11.2 Å². The van der Waals surface area contributed by atoms with E-state index in [2.05, 4.69) is 152 Å². The third kappa shape index (κ3) is 3.90. The normalized spacial score (nSPS) is 12.0. The van der Waals surface area contributed by atoms with E-state index in [-0.39, 0.29) is 0 Å². The van der Waals surface area contributed by atoms with Crippen molar-refractivity contribution in [3.8, 4) is 33.4 Å². The highest BCUT2D eigenvalue weighted by Crippen LogP contribution is 2.47. The fourth-order valence-corrected chi connectivity index (χ4v) is 8.22. The molecule has 11 aromatic rings. The Labute approximate surface area is 287 Å². The van der Waals surface area contributed by atoms with Crippen LogP contribution in [-0.2, 0) is 0 Å². The summed E-state index contributed by atoms with van der Waals surface area (Å²) in [5, 5.41) is 11.8. The summed E-state index contributed by atoms with van der Waals surface area (Å²) in [4.78, 5) is 0. The lowest BCUT2D eigenvalue weighted by Crippen LogP contribution is -1.92. The first kappa shape index (κ1) is 27.3. The summed E-state index contributed by atoms with van der Waals surface area (Å²) in [6.45, 7) is 0. The molecule has 0 radical (unpaired) electrons. The molecule has 0 bridgehead atoms. The van der Waals surface area contributed by atoms with Gasteiger partial charge < -0.3 is 8.83 Å². The highest BCUT2D eigenvalue weighted by molar-refractivity contribution is 6.24. The first-order valence-electron chi connectivity index (χ1n) is 17.1. The zero-order chi connectivity index (χ0) is 32.8. The van der Waals surface area contributed by atoms with Crippen LogP contribution in [0.4, 0.5) is 0 Å². The van der Waals surface area contributed by atoms with Gasteiger partial charge in [-0.25, -0.2) is 0 Å². The van der Waals surface area contributed by atoms with Crippen LogP contribution in [0.3, 0.4) is 0 Å². The van der Waals surface area contributed by atoms with Gasteiger partial charge >= 0.3 is 0 Å². The van der Waals surface area contributed by atoms with Gasteiger partial charge in [-0.05, 0) is 108 Å². The Hall–Kier alpha value is -6.64. The molecule has 0 aliphatic heterocycles. The van der Waals surface area contributed by atoms with Gasteiger partial charge in [0.05, 0.1) is 0 Å². The molecule has 0 amide bonds. The largest absolute Gasteiger partial charge is 0.452 e. The van der Waals surface area contributed by atoms with Crippen molar-refractivity contribution in [2.75, 3.05) is 0 Å². The molecule has 2 heteroatoms. The lowest BCUT2D eigenvalue weighted by molar-refractivity contribution is 0.633. The molecular formula is C48H28O2. The molecule has 0 aliphatic carbocycles.